The summed E-state index contributed by atoms with van der Waals surface area (Å²) in [5, 5.41) is 0. The number of hydrogen-bond donors (Lipinski definition) is 0. The molecule has 0 spiro atoms. The second-order valence-electron chi connectivity index (χ2n) is 5.36. The number of amides is 2. The first-order valence-electron chi connectivity index (χ1n) is 6.28. The molecule has 0 saturated heterocycles. The van der Waals surface area contributed by atoms with Crippen LogP contribution >= 0.6 is 23.2 Å². The van der Waals surface area contributed by atoms with E-state index < -0.39 is 34.3 Å². The highest BCUT2D eigenvalue weighted by atomic mass is 35.5. The van der Waals surface area contributed by atoms with Crippen molar-refractivity contribution in [1.29, 1.82) is 0 Å². The Bertz CT molecular complexity index is 638. The molecule has 1 saturated carbocycles. The lowest BCUT2D eigenvalue weighted by Crippen LogP contribution is -2.35. The van der Waals surface area contributed by atoms with Crippen LogP contribution in [-0.4, -0.2) is 33.7 Å². The zero-order valence-corrected chi connectivity index (χ0v) is 12.6. The number of hydrogen-bond acceptors (Lipinski definition) is 4. The standard InChI is InChI=1S/C14H11Cl2NO4/c1-13(6-14(13,15)16)12(20)21-7-17-10(18)8-4-2-3-5-9(8)11(17)19/h2-5H,6-7H2,1H3/t13-/m0/s1. The third-order valence-electron chi connectivity index (χ3n) is 3.91. The number of carbonyl (C=O) groups is 3. The topological polar surface area (TPSA) is 63.7 Å². The van der Waals surface area contributed by atoms with Gasteiger partial charge in [0.25, 0.3) is 11.8 Å². The molecule has 0 bridgehead atoms. The van der Waals surface area contributed by atoms with Gasteiger partial charge in [-0.25, -0.2) is 4.90 Å². The lowest BCUT2D eigenvalue weighted by molar-refractivity contribution is -0.152. The number of alkyl halides is 2. The average Bonchev–Trinajstić information content (AvgIpc) is 2.87. The van der Waals surface area contributed by atoms with Gasteiger partial charge in [-0.3, -0.25) is 14.4 Å². The number of rotatable bonds is 3. The summed E-state index contributed by atoms with van der Waals surface area (Å²) in [5.74, 6) is -1.58. The summed E-state index contributed by atoms with van der Waals surface area (Å²) in [7, 11) is 0. The van der Waals surface area contributed by atoms with E-state index in [-0.39, 0.29) is 6.42 Å². The summed E-state index contributed by atoms with van der Waals surface area (Å²) < 4.78 is 3.89. The van der Waals surface area contributed by atoms with E-state index in [2.05, 4.69) is 0 Å². The molecular weight excluding hydrogens is 317 g/mol. The van der Waals surface area contributed by atoms with Crippen molar-refractivity contribution in [3.05, 3.63) is 35.4 Å². The molecule has 1 atom stereocenters. The number of benzene rings is 1. The van der Waals surface area contributed by atoms with Crippen LogP contribution in [0.5, 0.6) is 0 Å². The van der Waals surface area contributed by atoms with Crippen LogP contribution in [0.15, 0.2) is 24.3 Å². The Morgan fingerprint density at radius 2 is 1.71 bits per heavy atom. The zero-order valence-electron chi connectivity index (χ0n) is 11.1. The van der Waals surface area contributed by atoms with Crippen molar-refractivity contribution in [3.8, 4) is 0 Å². The van der Waals surface area contributed by atoms with Gasteiger partial charge in [0.15, 0.2) is 6.73 Å². The molecule has 1 aliphatic carbocycles. The monoisotopic (exact) mass is 327 g/mol. The largest absolute Gasteiger partial charge is 0.443 e. The first-order valence-corrected chi connectivity index (χ1v) is 7.04. The summed E-state index contributed by atoms with van der Waals surface area (Å²) in [5.41, 5.74) is -0.380. The molecule has 1 fully saturated rings. The fourth-order valence-corrected chi connectivity index (χ4v) is 2.95. The van der Waals surface area contributed by atoms with E-state index in [1.165, 1.54) is 0 Å². The Balaban J connectivity index is 1.70. The van der Waals surface area contributed by atoms with Gasteiger partial charge in [-0.05, 0) is 19.1 Å². The molecule has 2 amide bonds. The smallest absolute Gasteiger partial charge is 0.316 e. The molecule has 7 heteroatoms. The van der Waals surface area contributed by atoms with Crippen LogP contribution in [0.25, 0.3) is 0 Å². The second kappa shape index (κ2) is 4.45. The van der Waals surface area contributed by atoms with Gasteiger partial charge in [-0.15, -0.1) is 23.2 Å². The van der Waals surface area contributed by atoms with Crippen molar-refractivity contribution in [2.75, 3.05) is 6.73 Å². The number of esters is 1. The number of fused-ring (bicyclic) bond motifs is 1. The molecular formula is C14H11Cl2NO4. The van der Waals surface area contributed by atoms with Crippen LogP contribution in [0.3, 0.4) is 0 Å². The summed E-state index contributed by atoms with van der Waals surface area (Å²) in [6, 6.07) is 6.45. The third-order valence-corrected chi connectivity index (χ3v) is 5.01. The number of halogens is 2. The minimum absolute atomic E-state index is 0.282. The van der Waals surface area contributed by atoms with Crippen LogP contribution in [0, 0.1) is 5.41 Å². The fraction of sp³-hybridized carbons (Fsp3) is 0.357. The highest BCUT2D eigenvalue weighted by Crippen LogP contribution is 2.64. The predicted molar refractivity (Wildman–Crippen MR) is 75.1 cm³/mol. The van der Waals surface area contributed by atoms with Crippen molar-refractivity contribution in [3.63, 3.8) is 0 Å². The van der Waals surface area contributed by atoms with E-state index in [1.807, 2.05) is 0 Å². The highest BCUT2D eigenvalue weighted by Gasteiger charge is 2.69. The Morgan fingerprint density at radius 1 is 1.24 bits per heavy atom. The third kappa shape index (κ3) is 2.03. The van der Waals surface area contributed by atoms with E-state index in [4.69, 9.17) is 27.9 Å². The quantitative estimate of drug-likeness (QED) is 0.485. The number of nitrogens with zero attached hydrogens (tertiary/aromatic N) is 1. The highest BCUT2D eigenvalue weighted by molar-refractivity contribution is 6.53. The minimum Gasteiger partial charge on any atom is -0.443 e. The number of carbonyl (C=O) groups excluding carboxylic acids is 3. The Hall–Kier alpha value is -1.59. The molecule has 2 aliphatic rings. The molecule has 110 valence electrons. The van der Waals surface area contributed by atoms with Gasteiger partial charge in [-0.2, -0.15) is 0 Å². The van der Waals surface area contributed by atoms with Crippen molar-refractivity contribution in [2.45, 2.75) is 17.7 Å². The van der Waals surface area contributed by atoms with Gasteiger partial charge in [0.05, 0.1) is 11.1 Å². The normalized spacial score (nSPS) is 25.8. The Morgan fingerprint density at radius 3 is 2.14 bits per heavy atom. The van der Waals surface area contributed by atoms with Crippen LogP contribution in [0.2, 0.25) is 0 Å². The zero-order chi connectivity index (χ0) is 15.4. The van der Waals surface area contributed by atoms with Gasteiger partial charge in [0.1, 0.15) is 9.75 Å². The van der Waals surface area contributed by atoms with Crippen LogP contribution < -0.4 is 0 Å². The average molecular weight is 328 g/mol. The van der Waals surface area contributed by atoms with Crippen molar-refractivity contribution >= 4 is 41.0 Å². The first kappa shape index (κ1) is 14.4. The van der Waals surface area contributed by atoms with Gasteiger partial charge >= 0.3 is 5.97 Å². The molecule has 0 radical (unpaired) electrons. The maximum absolute atomic E-state index is 12.1. The fourth-order valence-electron chi connectivity index (χ4n) is 2.26. The molecule has 21 heavy (non-hydrogen) atoms. The van der Waals surface area contributed by atoms with Crippen molar-refractivity contribution in [2.24, 2.45) is 5.41 Å². The lowest BCUT2D eigenvalue weighted by Gasteiger charge is -2.16. The van der Waals surface area contributed by atoms with Gasteiger partial charge < -0.3 is 4.74 Å². The Kier molecular flexibility index (Phi) is 3.04. The molecule has 1 aliphatic heterocycles. The number of ether oxygens (including phenoxy) is 1. The SMILES string of the molecule is C[C@@]1(C(=O)OCN2C(=O)c3ccccc3C2=O)CC1(Cl)Cl. The van der Waals surface area contributed by atoms with Crippen LogP contribution in [-0.2, 0) is 9.53 Å². The molecule has 0 aromatic heterocycles. The summed E-state index contributed by atoms with van der Waals surface area (Å²) in [4.78, 5) is 37.0. The van der Waals surface area contributed by atoms with E-state index >= 15 is 0 Å². The summed E-state index contributed by atoms with van der Waals surface area (Å²) >= 11 is 11.8. The number of imide groups is 1. The molecule has 5 nitrogen and oxygen atoms in total. The maximum atomic E-state index is 12.1. The van der Waals surface area contributed by atoms with Crippen LogP contribution in [0.4, 0.5) is 0 Å². The Labute approximate surface area is 130 Å². The van der Waals surface area contributed by atoms with Crippen molar-refractivity contribution in [1.82, 2.24) is 4.90 Å². The minimum atomic E-state index is -1.15. The molecule has 1 aromatic carbocycles. The molecule has 0 N–H and O–H groups in total. The lowest BCUT2D eigenvalue weighted by atomic mass is 10.1. The molecule has 3 rings (SSSR count). The second-order valence-corrected chi connectivity index (χ2v) is 6.84. The van der Waals surface area contributed by atoms with E-state index in [1.54, 1.807) is 31.2 Å². The molecule has 0 unspecified atom stereocenters. The van der Waals surface area contributed by atoms with Crippen LogP contribution in [0.1, 0.15) is 34.1 Å². The first-order chi connectivity index (χ1) is 9.78. The van der Waals surface area contributed by atoms with Crippen molar-refractivity contribution < 1.29 is 19.1 Å². The summed E-state index contributed by atoms with van der Waals surface area (Å²) in [6.45, 7) is 1.14. The molecule has 1 heterocycles. The van der Waals surface area contributed by atoms with E-state index in [0.29, 0.717) is 11.1 Å². The predicted octanol–water partition coefficient (Wildman–Crippen LogP) is 2.37. The summed E-state index contributed by atoms with van der Waals surface area (Å²) in [6.07, 6.45) is 0.282. The molecule has 1 aromatic rings. The van der Waals surface area contributed by atoms with E-state index in [0.717, 1.165) is 4.90 Å². The van der Waals surface area contributed by atoms with Gasteiger partial charge in [0.2, 0.25) is 0 Å². The van der Waals surface area contributed by atoms with Gasteiger partial charge in [-0.1, -0.05) is 12.1 Å². The maximum Gasteiger partial charge on any atom is 0.316 e. The van der Waals surface area contributed by atoms with E-state index in [9.17, 15) is 14.4 Å². The van der Waals surface area contributed by atoms with Gasteiger partial charge in [0, 0.05) is 6.42 Å².